The SMILES string of the molecule is COc1ccccc1NC(=O)C(C#N)=c1sc(=Cc2ccc(Cl)cc2Cl)c(=O)n1-c1ccccc1. The number of thiazole rings is 1. The van der Waals surface area contributed by atoms with Crippen LogP contribution in [0.25, 0.3) is 17.3 Å². The van der Waals surface area contributed by atoms with E-state index < -0.39 is 5.91 Å². The molecule has 1 aromatic heterocycles. The molecule has 1 heterocycles. The number of halogens is 2. The number of rotatable bonds is 5. The molecule has 0 aliphatic heterocycles. The third-order valence-electron chi connectivity index (χ3n) is 4.99. The highest BCUT2D eigenvalue weighted by atomic mass is 35.5. The van der Waals surface area contributed by atoms with Crippen LogP contribution in [0.3, 0.4) is 0 Å². The van der Waals surface area contributed by atoms with Crippen molar-refractivity contribution in [2.75, 3.05) is 12.4 Å². The van der Waals surface area contributed by atoms with Gasteiger partial charge in [-0.2, -0.15) is 5.26 Å². The minimum Gasteiger partial charge on any atom is -0.495 e. The van der Waals surface area contributed by atoms with Gasteiger partial charge in [-0.1, -0.05) is 59.6 Å². The molecule has 0 bridgehead atoms. The average Bonchev–Trinajstić information content (AvgIpc) is 3.17. The molecule has 9 heteroatoms. The van der Waals surface area contributed by atoms with Crippen molar-refractivity contribution in [1.29, 1.82) is 5.26 Å². The average molecular weight is 522 g/mol. The second-order valence-corrected chi connectivity index (χ2v) is 9.07. The van der Waals surface area contributed by atoms with Gasteiger partial charge in [-0.05, 0) is 48.0 Å². The van der Waals surface area contributed by atoms with E-state index in [2.05, 4.69) is 5.32 Å². The van der Waals surface area contributed by atoms with Crippen LogP contribution in [0.4, 0.5) is 5.69 Å². The first-order chi connectivity index (χ1) is 16.9. The number of anilines is 1. The van der Waals surface area contributed by atoms with E-state index in [1.165, 1.54) is 11.7 Å². The molecule has 0 saturated heterocycles. The molecule has 0 atom stereocenters. The fraction of sp³-hybridized carbons (Fsp3) is 0.0385. The Bertz CT molecular complexity index is 1640. The second-order valence-electron chi connectivity index (χ2n) is 7.20. The number of hydrogen-bond donors (Lipinski definition) is 1. The highest BCUT2D eigenvalue weighted by molar-refractivity contribution is 7.07. The predicted octanol–water partition coefficient (Wildman–Crippen LogP) is 4.36. The smallest absolute Gasteiger partial charge is 0.273 e. The van der Waals surface area contributed by atoms with E-state index in [4.69, 9.17) is 27.9 Å². The molecule has 35 heavy (non-hydrogen) atoms. The number of methoxy groups -OCH3 is 1. The molecule has 6 nitrogen and oxygen atoms in total. The van der Waals surface area contributed by atoms with Gasteiger partial charge in [0.15, 0.2) is 5.57 Å². The Balaban J connectivity index is 1.96. The molecule has 0 saturated carbocycles. The van der Waals surface area contributed by atoms with Crippen molar-refractivity contribution in [3.63, 3.8) is 0 Å². The van der Waals surface area contributed by atoms with E-state index in [9.17, 15) is 14.9 Å². The Morgan fingerprint density at radius 1 is 1.09 bits per heavy atom. The van der Waals surface area contributed by atoms with Crippen LogP contribution in [-0.4, -0.2) is 17.6 Å². The molecular weight excluding hydrogens is 505 g/mol. The highest BCUT2D eigenvalue weighted by Crippen LogP contribution is 2.24. The summed E-state index contributed by atoms with van der Waals surface area (Å²) < 4.78 is 7.11. The van der Waals surface area contributed by atoms with E-state index in [1.807, 2.05) is 12.1 Å². The molecule has 4 rings (SSSR count). The van der Waals surface area contributed by atoms with Gasteiger partial charge >= 0.3 is 0 Å². The fourth-order valence-corrected chi connectivity index (χ4v) is 4.91. The van der Waals surface area contributed by atoms with Crippen molar-refractivity contribution >= 4 is 57.8 Å². The summed E-state index contributed by atoms with van der Waals surface area (Å²) in [4.78, 5) is 26.7. The van der Waals surface area contributed by atoms with Crippen LogP contribution in [0.15, 0.2) is 77.6 Å². The molecule has 0 fully saturated rings. The number of para-hydroxylation sites is 3. The number of carbonyl (C=O) groups excluding carboxylic acids is 1. The molecular formula is C26H17Cl2N3O3S. The van der Waals surface area contributed by atoms with Gasteiger partial charge in [-0.25, -0.2) is 0 Å². The Morgan fingerprint density at radius 2 is 1.80 bits per heavy atom. The fourth-order valence-electron chi connectivity index (χ4n) is 3.35. The molecule has 3 aromatic carbocycles. The summed E-state index contributed by atoms with van der Waals surface area (Å²) >= 11 is 13.3. The Morgan fingerprint density at radius 3 is 2.49 bits per heavy atom. The van der Waals surface area contributed by atoms with Crippen LogP contribution in [0.1, 0.15) is 5.56 Å². The molecule has 4 aromatic rings. The van der Waals surface area contributed by atoms with Crippen molar-refractivity contribution in [1.82, 2.24) is 4.57 Å². The number of nitrogens with zero attached hydrogens (tertiary/aromatic N) is 2. The quantitative estimate of drug-likeness (QED) is 0.423. The molecule has 174 valence electrons. The molecule has 0 radical (unpaired) electrons. The number of ether oxygens (including phenoxy) is 1. The first kappa shape index (κ1) is 24.3. The third kappa shape index (κ3) is 5.15. The third-order valence-corrected chi connectivity index (χ3v) is 6.65. The topological polar surface area (TPSA) is 84.1 Å². The predicted molar refractivity (Wildman–Crippen MR) is 140 cm³/mol. The Hall–Kier alpha value is -3.83. The summed E-state index contributed by atoms with van der Waals surface area (Å²) in [7, 11) is 1.48. The number of amides is 1. The molecule has 0 spiro atoms. The van der Waals surface area contributed by atoms with Gasteiger partial charge in [0.1, 0.15) is 16.5 Å². The van der Waals surface area contributed by atoms with E-state index >= 15 is 0 Å². The molecule has 0 aliphatic carbocycles. The minimum atomic E-state index is -0.668. The van der Waals surface area contributed by atoms with Gasteiger partial charge in [0, 0.05) is 10.0 Å². The van der Waals surface area contributed by atoms with Crippen LogP contribution in [0.5, 0.6) is 5.75 Å². The lowest BCUT2D eigenvalue weighted by Crippen LogP contribution is -2.32. The Labute approximate surface area is 214 Å². The van der Waals surface area contributed by atoms with Crippen LogP contribution < -0.4 is 24.8 Å². The number of aromatic nitrogens is 1. The van der Waals surface area contributed by atoms with Gasteiger partial charge < -0.3 is 10.1 Å². The lowest BCUT2D eigenvalue weighted by Gasteiger charge is -2.09. The molecule has 1 amide bonds. The second kappa shape index (κ2) is 10.6. The first-order valence-electron chi connectivity index (χ1n) is 10.3. The van der Waals surface area contributed by atoms with Gasteiger partial charge in [0.25, 0.3) is 11.5 Å². The normalized spacial score (nSPS) is 12.1. The molecule has 0 unspecified atom stereocenters. The summed E-state index contributed by atoms with van der Waals surface area (Å²) in [6, 6.07) is 22.5. The first-order valence-corrected chi connectivity index (χ1v) is 11.8. The maximum Gasteiger partial charge on any atom is 0.273 e. The van der Waals surface area contributed by atoms with E-state index in [1.54, 1.807) is 72.8 Å². The monoisotopic (exact) mass is 521 g/mol. The number of benzene rings is 3. The maximum atomic E-state index is 13.5. The van der Waals surface area contributed by atoms with Crippen molar-refractivity contribution < 1.29 is 9.53 Å². The van der Waals surface area contributed by atoms with Gasteiger partial charge in [-0.15, -0.1) is 11.3 Å². The zero-order valence-corrected chi connectivity index (χ0v) is 20.6. The van der Waals surface area contributed by atoms with Gasteiger partial charge in [0.2, 0.25) is 0 Å². The van der Waals surface area contributed by atoms with E-state index in [0.29, 0.717) is 37.3 Å². The zero-order valence-electron chi connectivity index (χ0n) is 18.3. The van der Waals surface area contributed by atoms with Crippen molar-refractivity contribution in [3.05, 3.63) is 108 Å². The lowest BCUT2D eigenvalue weighted by atomic mass is 10.2. The summed E-state index contributed by atoms with van der Waals surface area (Å²) in [5.41, 5.74) is 0.892. The van der Waals surface area contributed by atoms with Crippen molar-refractivity contribution in [2.45, 2.75) is 0 Å². The van der Waals surface area contributed by atoms with E-state index in [0.717, 1.165) is 11.3 Å². The van der Waals surface area contributed by atoms with Gasteiger partial charge in [0.05, 0.1) is 23.0 Å². The van der Waals surface area contributed by atoms with Crippen LogP contribution in [-0.2, 0) is 4.79 Å². The van der Waals surface area contributed by atoms with Crippen molar-refractivity contribution in [2.24, 2.45) is 0 Å². The van der Waals surface area contributed by atoms with E-state index in [-0.39, 0.29) is 15.8 Å². The maximum absolute atomic E-state index is 13.5. The number of hydrogen-bond acceptors (Lipinski definition) is 5. The standard InChI is InChI=1S/C26H17Cl2N3O3S/c1-34-22-10-6-5-9-21(22)30-24(32)19(15-29)26-31(18-7-3-2-4-8-18)25(33)23(35-26)13-16-11-12-17(27)14-20(16)28/h2-14H,1H3,(H,30,32). The van der Waals surface area contributed by atoms with Crippen LogP contribution in [0.2, 0.25) is 10.0 Å². The molecule has 0 aliphatic rings. The number of nitrogens with one attached hydrogen (secondary N) is 1. The molecule has 1 N–H and O–H groups in total. The van der Waals surface area contributed by atoms with Crippen LogP contribution >= 0.6 is 34.5 Å². The number of carbonyl (C=O) groups is 1. The Kier molecular flexibility index (Phi) is 7.37. The van der Waals surface area contributed by atoms with Crippen molar-refractivity contribution in [3.8, 4) is 17.5 Å². The van der Waals surface area contributed by atoms with Gasteiger partial charge in [-0.3, -0.25) is 14.2 Å². The summed E-state index contributed by atoms with van der Waals surface area (Å²) in [5, 5.41) is 13.5. The summed E-state index contributed by atoms with van der Waals surface area (Å²) in [5.74, 6) is -0.227. The highest BCUT2D eigenvalue weighted by Gasteiger charge is 2.18. The summed E-state index contributed by atoms with van der Waals surface area (Å²) in [6.07, 6.45) is 1.61. The summed E-state index contributed by atoms with van der Waals surface area (Å²) in [6.45, 7) is 0. The largest absolute Gasteiger partial charge is 0.495 e. The minimum absolute atomic E-state index is 0.187. The zero-order chi connectivity index (χ0) is 24.9. The van der Waals surface area contributed by atoms with Crippen LogP contribution in [0, 0.1) is 11.3 Å². The number of nitriles is 1. The lowest BCUT2D eigenvalue weighted by molar-refractivity contribution is -0.111.